The first-order chi connectivity index (χ1) is 9.69. The Morgan fingerprint density at radius 3 is 2.75 bits per heavy atom. The molecule has 0 aliphatic carbocycles. The zero-order chi connectivity index (χ0) is 14.4. The number of carbonyl (C=O) groups is 1. The molecule has 2 heterocycles. The van der Waals surface area contributed by atoms with Gasteiger partial charge in [-0.15, -0.1) is 0 Å². The Labute approximate surface area is 120 Å². The molecule has 0 radical (unpaired) electrons. The van der Waals surface area contributed by atoms with Gasteiger partial charge in [0.2, 0.25) is 12.4 Å². The lowest BCUT2D eigenvalue weighted by Crippen LogP contribution is -2.46. The number of aromatic nitrogens is 2. The molecule has 0 saturated carbocycles. The van der Waals surface area contributed by atoms with Crippen LogP contribution in [0.4, 0.5) is 11.8 Å². The summed E-state index contributed by atoms with van der Waals surface area (Å²) in [6.07, 6.45) is 3.80. The van der Waals surface area contributed by atoms with Crippen molar-refractivity contribution in [2.24, 2.45) is 5.92 Å². The second-order valence-corrected chi connectivity index (χ2v) is 5.48. The molecule has 0 aromatic carbocycles. The van der Waals surface area contributed by atoms with Crippen LogP contribution in [0, 0.1) is 5.92 Å². The van der Waals surface area contributed by atoms with Crippen LogP contribution in [0.15, 0.2) is 12.3 Å². The van der Waals surface area contributed by atoms with Crippen molar-refractivity contribution >= 4 is 18.2 Å². The molecule has 1 N–H and O–H groups in total. The standard InChI is InChI=1S/C14H23N5O/c1-12(2)3-5-15-14-16-6-4-13(17-14)19-9-7-18(11-20)8-10-19/h4,6,11-12H,3,5,7-10H2,1-2H3,(H,15,16,17). The lowest BCUT2D eigenvalue weighted by Gasteiger charge is -2.33. The van der Waals surface area contributed by atoms with Gasteiger partial charge in [0.25, 0.3) is 0 Å². The molecule has 6 heteroatoms. The average molecular weight is 277 g/mol. The topological polar surface area (TPSA) is 61.4 Å². The molecule has 1 aromatic rings. The first kappa shape index (κ1) is 14.6. The SMILES string of the molecule is CC(C)CCNc1nccc(N2CCN(C=O)CC2)n1. The number of nitrogens with zero attached hydrogens (tertiary/aromatic N) is 4. The van der Waals surface area contributed by atoms with E-state index in [1.54, 1.807) is 11.1 Å². The summed E-state index contributed by atoms with van der Waals surface area (Å²) in [5, 5.41) is 3.26. The maximum Gasteiger partial charge on any atom is 0.224 e. The molecule has 0 atom stereocenters. The fraction of sp³-hybridized carbons (Fsp3) is 0.643. The minimum absolute atomic E-state index is 0.669. The van der Waals surface area contributed by atoms with Gasteiger partial charge in [0, 0.05) is 38.9 Å². The Bertz CT molecular complexity index is 429. The lowest BCUT2D eigenvalue weighted by atomic mass is 10.1. The molecule has 0 spiro atoms. The van der Waals surface area contributed by atoms with Gasteiger partial charge in [0.05, 0.1) is 0 Å². The largest absolute Gasteiger partial charge is 0.354 e. The second kappa shape index (κ2) is 7.07. The van der Waals surface area contributed by atoms with Gasteiger partial charge in [-0.2, -0.15) is 4.98 Å². The second-order valence-electron chi connectivity index (χ2n) is 5.48. The summed E-state index contributed by atoms with van der Waals surface area (Å²) in [4.78, 5) is 23.5. The first-order valence-electron chi connectivity index (χ1n) is 7.20. The summed E-state index contributed by atoms with van der Waals surface area (Å²) in [5.41, 5.74) is 0. The van der Waals surface area contributed by atoms with Crippen molar-refractivity contribution in [1.82, 2.24) is 14.9 Å². The van der Waals surface area contributed by atoms with Gasteiger partial charge < -0.3 is 15.1 Å². The van der Waals surface area contributed by atoms with E-state index in [1.807, 2.05) is 6.07 Å². The minimum Gasteiger partial charge on any atom is -0.354 e. The molecule has 1 aromatic heterocycles. The van der Waals surface area contributed by atoms with E-state index >= 15 is 0 Å². The summed E-state index contributed by atoms with van der Waals surface area (Å²) in [7, 11) is 0. The van der Waals surface area contributed by atoms with Crippen LogP contribution in [-0.2, 0) is 4.79 Å². The number of piperazine rings is 1. The highest BCUT2D eigenvalue weighted by Gasteiger charge is 2.16. The Morgan fingerprint density at radius 1 is 1.35 bits per heavy atom. The fourth-order valence-electron chi connectivity index (χ4n) is 2.14. The highest BCUT2D eigenvalue weighted by atomic mass is 16.1. The molecule has 110 valence electrons. The normalized spacial score (nSPS) is 15.6. The maximum absolute atomic E-state index is 10.7. The van der Waals surface area contributed by atoms with Crippen LogP contribution in [0.1, 0.15) is 20.3 Å². The molecule has 1 fully saturated rings. The number of rotatable bonds is 6. The minimum atomic E-state index is 0.669. The predicted octanol–water partition coefficient (Wildman–Crippen LogP) is 1.21. The van der Waals surface area contributed by atoms with Crippen LogP contribution >= 0.6 is 0 Å². The van der Waals surface area contributed by atoms with E-state index in [4.69, 9.17) is 0 Å². The number of anilines is 2. The van der Waals surface area contributed by atoms with Crippen molar-refractivity contribution in [3.63, 3.8) is 0 Å². The molecule has 0 unspecified atom stereocenters. The van der Waals surface area contributed by atoms with Crippen LogP contribution < -0.4 is 10.2 Å². The van der Waals surface area contributed by atoms with Crippen molar-refractivity contribution in [2.45, 2.75) is 20.3 Å². The summed E-state index contributed by atoms with van der Waals surface area (Å²) in [6, 6.07) is 1.92. The Hall–Kier alpha value is -1.85. The predicted molar refractivity (Wildman–Crippen MR) is 79.8 cm³/mol. The molecular formula is C14H23N5O. The zero-order valence-corrected chi connectivity index (χ0v) is 12.2. The van der Waals surface area contributed by atoms with E-state index in [1.165, 1.54) is 0 Å². The number of hydrogen-bond acceptors (Lipinski definition) is 5. The van der Waals surface area contributed by atoms with E-state index < -0.39 is 0 Å². The summed E-state index contributed by atoms with van der Waals surface area (Å²) in [5.74, 6) is 2.28. The molecule has 0 bridgehead atoms. The van der Waals surface area contributed by atoms with Crippen LogP contribution in [0.2, 0.25) is 0 Å². The van der Waals surface area contributed by atoms with Crippen LogP contribution in [0.25, 0.3) is 0 Å². The molecule has 1 amide bonds. The van der Waals surface area contributed by atoms with Crippen molar-refractivity contribution in [2.75, 3.05) is 42.9 Å². The van der Waals surface area contributed by atoms with E-state index in [0.29, 0.717) is 11.9 Å². The lowest BCUT2D eigenvalue weighted by molar-refractivity contribution is -0.118. The van der Waals surface area contributed by atoms with Crippen LogP contribution in [0.3, 0.4) is 0 Å². The van der Waals surface area contributed by atoms with Gasteiger partial charge >= 0.3 is 0 Å². The average Bonchev–Trinajstić information content (AvgIpc) is 2.47. The van der Waals surface area contributed by atoms with E-state index in [0.717, 1.165) is 51.4 Å². The summed E-state index contributed by atoms with van der Waals surface area (Å²) < 4.78 is 0. The molecule has 1 aliphatic heterocycles. The van der Waals surface area contributed by atoms with Crippen molar-refractivity contribution < 1.29 is 4.79 Å². The van der Waals surface area contributed by atoms with Gasteiger partial charge in [-0.05, 0) is 18.4 Å². The highest BCUT2D eigenvalue weighted by Crippen LogP contribution is 2.14. The molecule has 6 nitrogen and oxygen atoms in total. The Kier molecular flexibility index (Phi) is 5.15. The smallest absolute Gasteiger partial charge is 0.224 e. The van der Waals surface area contributed by atoms with E-state index in [-0.39, 0.29) is 0 Å². The number of amides is 1. The molecule has 20 heavy (non-hydrogen) atoms. The maximum atomic E-state index is 10.7. The van der Waals surface area contributed by atoms with Gasteiger partial charge in [-0.25, -0.2) is 4.98 Å². The molecule has 1 saturated heterocycles. The Balaban J connectivity index is 1.90. The quantitative estimate of drug-likeness (QED) is 0.792. The number of carbonyl (C=O) groups excluding carboxylic acids is 1. The van der Waals surface area contributed by atoms with Gasteiger partial charge in [-0.1, -0.05) is 13.8 Å². The first-order valence-corrected chi connectivity index (χ1v) is 7.20. The van der Waals surface area contributed by atoms with Crippen LogP contribution in [0.5, 0.6) is 0 Å². The van der Waals surface area contributed by atoms with Crippen molar-refractivity contribution in [3.8, 4) is 0 Å². The third-order valence-corrected chi connectivity index (χ3v) is 3.43. The Morgan fingerprint density at radius 2 is 2.10 bits per heavy atom. The van der Waals surface area contributed by atoms with Gasteiger partial charge in [0.1, 0.15) is 5.82 Å². The fourth-order valence-corrected chi connectivity index (χ4v) is 2.14. The van der Waals surface area contributed by atoms with Gasteiger partial charge in [0.15, 0.2) is 0 Å². The summed E-state index contributed by atoms with van der Waals surface area (Å²) >= 11 is 0. The molecule has 2 rings (SSSR count). The van der Waals surface area contributed by atoms with Crippen molar-refractivity contribution in [3.05, 3.63) is 12.3 Å². The van der Waals surface area contributed by atoms with Crippen molar-refractivity contribution in [1.29, 1.82) is 0 Å². The third kappa shape index (κ3) is 4.08. The number of hydrogen-bond donors (Lipinski definition) is 1. The molecule has 1 aliphatic rings. The number of nitrogens with one attached hydrogen (secondary N) is 1. The third-order valence-electron chi connectivity index (χ3n) is 3.43. The summed E-state index contributed by atoms with van der Waals surface area (Å²) in [6.45, 7) is 8.44. The molecular weight excluding hydrogens is 254 g/mol. The highest BCUT2D eigenvalue weighted by molar-refractivity contribution is 5.49. The van der Waals surface area contributed by atoms with E-state index in [9.17, 15) is 4.79 Å². The van der Waals surface area contributed by atoms with E-state index in [2.05, 4.69) is 34.0 Å². The zero-order valence-electron chi connectivity index (χ0n) is 12.2. The monoisotopic (exact) mass is 277 g/mol. The van der Waals surface area contributed by atoms with Gasteiger partial charge in [-0.3, -0.25) is 4.79 Å². The van der Waals surface area contributed by atoms with Crippen LogP contribution in [-0.4, -0.2) is 54.0 Å².